The molecule has 0 aliphatic carbocycles. The van der Waals surface area contributed by atoms with Gasteiger partial charge in [-0.3, -0.25) is 0 Å². The van der Waals surface area contributed by atoms with Gasteiger partial charge < -0.3 is 0 Å². The molecule has 7 heteroatoms. The van der Waals surface area contributed by atoms with E-state index in [-0.39, 0.29) is 11.4 Å². The Hall–Kier alpha value is -1.50. The molecule has 1 amide bonds. The SMILES string of the molecule is CCN(B=N)C(=O)CS(=O)(=O)c1ccccc1. The van der Waals surface area contributed by atoms with Crippen LogP contribution in [0.2, 0.25) is 0 Å². The van der Waals surface area contributed by atoms with Crippen LogP contribution in [0.1, 0.15) is 6.92 Å². The number of carbonyl (C=O) groups is 1. The summed E-state index contributed by atoms with van der Waals surface area (Å²) in [5.41, 5.74) is 0. The molecule has 17 heavy (non-hydrogen) atoms. The van der Waals surface area contributed by atoms with E-state index in [9.17, 15) is 13.2 Å². The molecule has 1 N–H and O–H groups in total. The zero-order valence-electron chi connectivity index (χ0n) is 9.46. The third-order valence-corrected chi connectivity index (χ3v) is 3.85. The second kappa shape index (κ2) is 5.72. The zero-order valence-corrected chi connectivity index (χ0v) is 10.3. The van der Waals surface area contributed by atoms with Crippen LogP contribution in [0.25, 0.3) is 0 Å². The Morgan fingerprint density at radius 1 is 1.35 bits per heavy atom. The first-order valence-corrected chi connectivity index (χ1v) is 6.74. The van der Waals surface area contributed by atoms with Crippen LogP contribution in [0.15, 0.2) is 35.2 Å². The average molecular weight is 252 g/mol. The van der Waals surface area contributed by atoms with E-state index in [1.165, 1.54) is 12.1 Å². The van der Waals surface area contributed by atoms with Crippen LogP contribution in [0, 0.1) is 5.31 Å². The summed E-state index contributed by atoms with van der Waals surface area (Å²) in [6.45, 7) is 1.96. The van der Waals surface area contributed by atoms with E-state index in [0.29, 0.717) is 0 Å². The fourth-order valence-electron chi connectivity index (χ4n) is 1.30. The molecule has 0 unspecified atom stereocenters. The van der Waals surface area contributed by atoms with Crippen LogP contribution in [-0.4, -0.2) is 38.6 Å². The number of nitrogens with zero attached hydrogens (tertiary/aromatic N) is 1. The van der Waals surface area contributed by atoms with Crippen molar-refractivity contribution in [2.75, 3.05) is 12.3 Å². The van der Waals surface area contributed by atoms with Crippen LogP contribution in [0.5, 0.6) is 0 Å². The molecular formula is C10H13BN2O3S. The molecule has 90 valence electrons. The average Bonchev–Trinajstić information content (AvgIpc) is 2.31. The Labute approximate surface area is 101 Å². The number of carbonyl (C=O) groups excluding carboxylic acids is 1. The van der Waals surface area contributed by atoms with Crippen molar-refractivity contribution in [2.45, 2.75) is 11.8 Å². The van der Waals surface area contributed by atoms with Gasteiger partial charge in [0.1, 0.15) is 0 Å². The normalized spacial score (nSPS) is 10.6. The van der Waals surface area contributed by atoms with Crippen LogP contribution >= 0.6 is 0 Å². The quantitative estimate of drug-likeness (QED) is 0.783. The summed E-state index contributed by atoms with van der Waals surface area (Å²) in [6.07, 6.45) is 0. The van der Waals surface area contributed by atoms with Crippen molar-refractivity contribution < 1.29 is 13.2 Å². The third kappa shape index (κ3) is 3.49. The number of rotatable bonds is 5. The summed E-state index contributed by atoms with van der Waals surface area (Å²) < 4.78 is 23.7. The third-order valence-electron chi connectivity index (χ3n) is 2.23. The fraction of sp³-hybridized carbons (Fsp3) is 0.300. The molecule has 1 aromatic carbocycles. The molecule has 0 aliphatic heterocycles. The molecule has 0 radical (unpaired) electrons. The van der Waals surface area contributed by atoms with Crippen molar-refractivity contribution in [2.24, 2.45) is 0 Å². The van der Waals surface area contributed by atoms with Gasteiger partial charge in [0.25, 0.3) is 0 Å². The van der Waals surface area contributed by atoms with E-state index in [1.807, 2.05) is 0 Å². The second-order valence-corrected chi connectivity index (χ2v) is 5.37. The Morgan fingerprint density at radius 3 is 2.41 bits per heavy atom. The minimum atomic E-state index is -3.62. The number of benzene rings is 1. The van der Waals surface area contributed by atoms with E-state index in [4.69, 9.17) is 5.31 Å². The Kier molecular flexibility index (Phi) is 4.57. The van der Waals surface area contributed by atoms with Gasteiger partial charge in [-0.25, -0.2) is 0 Å². The van der Waals surface area contributed by atoms with Gasteiger partial charge in [-0.15, -0.1) is 0 Å². The Bertz CT molecular complexity index is 502. The first kappa shape index (κ1) is 13.6. The van der Waals surface area contributed by atoms with Crippen molar-refractivity contribution in [3.63, 3.8) is 0 Å². The molecule has 0 bridgehead atoms. The van der Waals surface area contributed by atoms with Crippen LogP contribution in [0.4, 0.5) is 0 Å². The van der Waals surface area contributed by atoms with E-state index in [2.05, 4.69) is 0 Å². The second-order valence-electron chi connectivity index (χ2n) is 3.38. The molecule has 1 rings (SSSR count). The van der Waals surface area contributed by atoms with Crippen molar-refractivity contribution in [3.05, 3.63) is 30.3 Å². The van der Waals surface area contributed by atoms with Gasteiger partial charge in [0.05, 0.1) is 0 Å². The van der Waals surface area contributed by atoms with Gasteiger partial charge in [0, 0.05) is 0 Å². The molecule has 0 fully saturated rings. The number of sulfone groups is 1. The van der Waals surface area contributed by atoms with E-state index in [0.717, 1.165) is 12.0 Å². The van der Waals surface area contributed by atoms with Crippen LogP contribution in [0.3, 0.4) is 0 Å². The molecule has 0 spiro atoms. The molecular weight excluding hydrogens is 239 g/mol. The van der Waals surface area contributed by atoms with E-state index >= 15 is 0 Å². The van der Waals surface area contributed by atoms with Crippen molar-refractivity contribution in [1.29, 1.82) is 5.31 Å². The molecule has 0 heterocycles. The number of nitrogens with one attached hydrogen (secondary N) is 1. The van der Waals surface area contributed by atoms with Gasteiger partial charge in [0.15, 0.2) is 0 Å². The van der Waals surface area contributed by atoms with Crippen molar-refractivity contribution >= 4 is 23.0 Å². The van der Waals surface area contributed by atoms with Crippen molar-refractivity contribution in [3.8, 4) is 0 Å². The fourth-order valence-corrected chi connectivity index (χ4v) is 2.53. The van der Waals surface area contributed by atoms with Gasteiger partial charge >= 0.3 is 101 Å². The van der Waals surface area contributed by atoms with Gasteiger partial charge in [-0.05, 0) is 0 Å². The number of hydrogen-bond donors (Lipinski definition) is 1. The maximum absolute atomic E-state index is 11.9. The van der Waals surface area contributed by atoms with E-state index in [1.54, 1.807) is 25.1 Å². The summed E-state index contributed by atoms with van der Waals surface area (Å²) in [4.78, 5) is 12.8. The standard InChI is InChI=1S/C10H13BN2O3S/c1-2-13(11-12)10(14)8-17(15,16)9-6-4-3-5-7-9/h3-7,12H,2,8H2,1H3. The molecule has 0 atom stereocenters. The number of hydrogen-bond acceptors (Lipinski definition) is 4. The maximum atomic E-state index is 11.9. The summed E-state index contributed by atoms with van der Waals surface area (Å²) >= 11 is 0. The first-order chi connectivity index (χ1) is 8.01. The van der Waals surface area contributed by atoms with Crippen LogP contribution < -0.4 is 0 Å². The zero-order chi connectivity index (χ0) is 12.9. The van der Waals surface area contributed by atoms with Crippen molar-refractivity contribution in [1.82, 2.24) is 4.81 Å². The molecule has 5 nitrogen and oxygen atoms in total. The molecule has 0 aliphatic rings. The monoisotopic (exact) mass is 252 g/mol. The number of amides is 1. The predicted molar refractivity (Wildman–Crippen MR) is 64.4 cm³/mol. The Balaban J connectivity index is 2.88. The van der Waals surface area contributed by atoms with Gasteiger partial charge in [-0.2, -0.15) is 0 Å². The molecule has 0 saturated carbocycles. The minimum absolute atomic E-state index is 0.120. The summed E-state index contributed by atoms with van der Waals surface area (Å²) in [5, 5.41) is 6.99. The predicted octanol–water partition coefficient (Wildman–Crippen LogP) is 0.690. The summed E-state index contributed by atoms with van der Waals surface area (Å²) in [5.74, 6) is -1.20. The van der Waals surface area contributed by atoms with Crippen LogP contribution in [-0.2, 0) is 14.6 Å². The summed E-state index contributed by atoms with van der Waals surface area (Å²) in [6, 6.07) is 7.81. The first-order valence-electron chi connectivity index (χ1n) is 5.09. The van der Waals surface area contributed by atoms with E-state index < -0.39 is 21.5 Å². The molecule has 0 aromatic heterocycles. The molecule has 0 saturated heterocycles. The summed E-state index contributed by atoms with van der Waals surface area (Å²) in [7, 11) is -2.78. The van der Waals surface area contributed by atoms with Gasteiger partial charge in [-0.1, -0.05) is 0 Å². The topological polar surface area (TPSA) is 78.3 Å². The van der Waals surface area contributed by atoms with Gasteiger partial charge in [0.2, 0.25) is 0 Å². The molecule has 1 aromatic rings. The Morgan fingerprint density at radius 2 is 1.94 bits per heavy atom.